The minimum atomic E-state index is -3.60. The van der Waals surface area contributed by atoms with Crippen LogP contribution >= 0.6 is 0 Å². The van der Waals surface area contributed by atoms with Gasteiger partial charge in [-0.15, -0.1) is 0 Å². The van der Waals surface area contributed by atoms with Crippen LogP contribution in [0.3, 0.4) is 0 Å². The Labute approximate surface area is 135 Å². The summed E-state index contributed by atoms with van der Waals surface area (Å²) in [6.45, 7) is 2.03. The monoisotopic (exact) mass is 327 g/mol. The third-order valence-corrected chi connectivity index (χ3v) is 4.97. The molecular weight excluding hydrogens is 310 g/mol. The number of hydrogen-bond acceptors (Lipinski definition) is 3. The van der Waals surface area contributed by atoms with Crippen molar-refractivity contribution in [3.63, 3.8) is 0 Å². The number of sulfonamides is 1. The molecule has 5 nitrogen and oxygen atoms in total. The van der Waals surface area contributed by atoms with Crippen molar-refractivity contribution >= 4 is 15.7 Å². The van der Waals surface area contributed by atoms with E-state index >= 15 is 0 Å². The number of benzene rings is 2. The molecule has 0 saturated heterocycles. The van der Waals surface area contributed by atoms with Crippen molar-refractivity contribution in [1.29, 1.82) is 0 Å². The van der Waals surface area contributed by atoms with E-state index in [0.29, 0.717) is 5.69 Å². The average Bonchev–Trinajstić information content (AvgIpc) is 3.09. The highest BCUT2D eigenvalue weighted by Crippen LogP contribution is 2.22. The highest BCUT2D eigenvalue weighted by molar-refractivity contribution is 7.92. The Kier molecular flexibility index (Phi) is 4.16. The van der Waals surface area contributed by atoms with Crippen molar-refractivity contribution in [2.75, 3.05) is 4.72 Å². The first-order valence-corrected chi connectivity index (χ1v) is 8.78. The maximum absolute atomic E-state index is 12.5. The van der Waals surface area contributed by atoms with Crippen LogP contribution < -0.4 is 4.72 Å². The molecule has 0 unspecified atom stereocenters. The van der Waals surface area contributed by atoms with Crippen molar-refractivity contribution in [3.8, 4) is 11.3 Å². The molecule has 0 amide bonds. The smallest absolute Gasteiger partial charge is 0.261 e. The summed E-state index contributed by atoms with van der Waals surface area (Å²) in [5.74, 6) is 0. The van der Waals surface area contributed by atoms with E-state index in [1.54, 1.807) is 36.5 Å². The molecule has 0 aliphatic carbocycles. The molecule has 0 aliphatic heterocycles. The van der Waals surface area contributed by atoms with Gasteiger partial charge in [0.15, 0.2) is 0 Å². The minimum Gasteiger partial charge on any atom is -0.280 e. The highest BCUT2D eigenvalue weighted by Gasteiger charge is 2.14. The first-order chi connectivity index (χ1) is 11.1. The van der Waals surface area contributed by atoms with Crippen LogP contribution in [0.15, 0.2) is 65.7 Å². The molecule has 0 fully saturated rings. The van der Waals surface area contributed by atoms with E-state index in [-0.39, 0.29) is 4.90 Å². The number of H-pyrrole nitrogens is 1. The summed E-state index contributed by atoms with van der Waals surface area (Å²) < 4.78 is 27.5. The standard InChI is InChI=1S/C17H17N3O2S/c1-2-13-6-8-16(9-7-13)23(21,22)20-15-5-3-4-14(12-15)17-10-11-18-19-17/h3-12,20H,2H2,1H3,(H,18,19). The largest absolute Gasteiger partial charge is 0.280 e. The molecule has 118 valence electrons. The number of aromatic amines is 1. The van der Waals surface area contributed by atoms with Crippen LogP contribution in [-0.4, -0.2) is 18.6 Å². The van der Waals surface area contributed by atoms with Gasteiger partial charge in [-0.25, -0.2) is 8.42 Å². The predicted molar refractivity (Wildman–Crippen MR) is 90.7 cm³/mol. The Morgan fingerprint density at radius 3 is 2.52 bits per heavy atom. The van der Waals surface area contributed by atoms with Crippen LogP contribution in [0.5, 0.6) is 0 Å². The quantitative estimate of drug-likeness (QED) is 0.754. The Morgan fingerprint density at radius 1 is 1.09 bits per heavy atom. The number of aryl methyl sites for hydroxylation is 1. The number of aromatic nitrogens is 2. The predicted octanol–water partition coefficient (Wildman–Crippen LogP) is 3.44. The van der Waals surface area contributed by atoms with Gasteiger partial charge in [-0.05, 0) is 42.3 Å². The molecule has 0 saturated carbocycles. The number of rotatable bonds is 5. The normalized spacial score (nSPS) is 11.3. The summed E-state index contributed by atoms with van der Waals surface area (Å²) in [7, 11) is -3.60. The van der Waals surface area contributed by atoms with Crippen molar-refractivity contribution < 1.29 is 8.42 Å². The van der Waals surface area contributed by atoms with E-state index in [4.69, 9.17) is 0 Å². The van der Waals surface area contributed by atoms with Crippen LogP contribution in [0.25, 0.3) is 11.3 Å². The molecule has 0 radical (unpaired) electrons. The van der Waals surface area contributed by atoms with Gasteiger partial charge < -0.3 is 0 Å². The molecule has 1 aromatic heterocycles. The van der Waals surface area contributed by atoms with E-state index in [1.165, 1.54) is 0 Å². The SMILES string of the molecule is CCc1ccc(S(=O)(=O)Nc2cccc(-c3ccn[nH]3)c2)cc1. The third-order valence-electron chi connectivity index (χ3n) is 3.57. The van der Waals surface area contributed by atoms with Crippen molar-refractivity contribution in [1.82, 2.24) is 10.2 Å². The maximum Gasteiger partial charge on any atom is 0.261 e. The first kappa shape index (κ1) is 15.3. The second-order valence-corrected chi connectivity index (χ2v) is 6.84. The molecular formula is C17H17N3O2S. The van der Waals surface area contributed by atoms with Gasteiger partial charge in [0.25, 0.3) is 10.0 Å². The van der Waals surface area contributed by atoms with E-state index in [1.807, 2.05) is 31.2 Å². The molecule has 0 aliphatic rings. The molecule has 2 aromatic carbocycles. The Bertz CT molecular complexity index is 886. The Balaban J connectivity index is 1.87. The fraction of sp³-hybridized carbons (Fsp3) is 0.118. The van der Waals surface area contributed by atoms with Gasteiger partial charge in [0.1, 0.15) is 0 Å². The molecule has 6 heteroatoms. The highest BCUT2D eigenvalue weighted by atomic mass is 32.2. The first-order valence-electron chi connectivity index (χ1n) is 7.30. The number of nitrogens with zero attached hydrogens (tertiary/aromatic N) is 1. The maximum atomic E-state index is 12.5. The average molecular weight is 327 g/mol. The molecule has 1 heterocycles. The summed E-state index contributed by atoms with van der Waals surface area (Å²) >= 11 is 0. The summed E-state index contributed by atoms with van der Waals surface area (Å²) in [6, 6.07) is 15.9. The van der Waals surface area contributed by atoms with Crippen LogP contribution in [0.2, 0.25) is 0 Å². The van der Waals surface area contributed by atoms with Crippen molar-refractivity contribution in [3.05, 3.63) is 66.4 Å². The molecule has 3 rings (SSSR count). The van der Waals surface area contributed by atoms with E-state index in [0.717, 1.165) is 23.2 Å². The molecule has 3 aromatic rings. The van der Waals surface area contributed by atoms with E-state index in [9.17, 15) is 8.42 Å². The van der Waals surface area contributed by atoms with Crippen LogP contribution in [0.1, 0.15) is 12.5 Å². The van der Waals surface area contributed by atoms with Gasteiger partial charge in [-0.2, -0.15) is 5.10 Å². The lowest BCUT2D eigenvalue weighted by Crippen LogP contribution is -2.12. The zero-order chi connectivity index (χ0) is 16.3. The van der Waals surface area contributed by atoms with Gasteiger partial charge in [0.2, 0.25) is 0 Å². The fourth-order valence-electron chi connectivity index (χ4n) is 2.29. The van der Waals surface area contributed by atoms with Crippen LogP contribution in [-0.2, 0) is 16.4 Å². The zero-order valence-corrected chi connectivity index (χ0v) is 13.5. The summed E-state index contributed by atoms with van der Waals surface area (Å²) in [5.41, 5.74) is 3.31. The third kappa shape index (κ3) is 3.43. The fourth-order valence-corrected chi connectivity index (χ4v) is 3.33. The lowest BCUT2D eigenvalue weighted by molar-refractivity contribution is 0.601. The zero-order valence-electron chi connectivity index (χ0n) is 12.7. The second-order valence-electron chi connectivity index (χ2n) is 5.15. The Hall–Kier alpha value is -2.60. The lowest BCUT2D eigenvalue weighted by atomic mass is 10.1. The molecule has 2 N–H and O–H groups in total. The second kappa shape index (κ2) is 6.26. The van der Waals surface area contributed by atoms with Crippen LogP contribution in [0, 0.1) is 0 Å². The van der Waals surface area contributed by atoms with Gasteiger partial charge in [-0.3, -0.25) is 9.82 Å². The lowest BCUT2D eigenvalue weighted by Gasteiger charge is -2.09. The van der Waals surface area contributed by atoms with Gasteiger partial charge in [0.05, 0.1) is 10.6 Å². The van der Waals surface area contributed by atoms with Crippen LogP contribution in [0.4, 0.5) is 5.69 Å². The number of nitrogens with one attached hydrogen (secondary N) is 2. The molecule has 0 bridgehead atoms. The number of hydrogen-bond donors (Lipinski definition) is 2. The summed E-state index contributed by atoms with van der Waals surface area (Å²) in [4.78, 5) is 0.252. The van der Waals surface area contributed by atoms with Gasteiger partial charge >= 0.3 is 0 Å². The van der Waals surface area contributed by atoms with Crippen molar-refractivity contribution in [2.24, 2.45) is 0 Å². The van der Waals surface area contributed by atoms with Gasteiger partial charge in [-0.1, -0.05) is 31.2 Å². The topological polar surface area (TPSA) is 74.8 Å². The number of anilines is 1. The Morgan fingerprint density at radius 2 is 1.87 bits per heavy atom. The summed E-state index contributed by atoms with van der Waals surface area (Å²) in [5, 5.41) is 6.76. The van der Waals surface area contributed by atoms with Gasteiger partial charge in [0, 0.05) is 17.4 Å². The summed E-state index contributed by atoms with van der Waals surface area (Å²) in [6.07, 6.45) is 2.53. The van der Waals surface area contributed by atoms with E-state index in [2.05, 4.69) is 14.9 Å². The minimum absolute atomic E-state index is 0.252. The van der Waals surface area contributed by atoms with E-state index < -0.39 is 10.0 Å². The molecule has 0 spiro atoms. The molecule has 0 atom stereocenters. The van der Waals surface area contributed by atoms with Crippen molar-refractivity contribution in [2.45, 2.75) is 18.2 Å². The molecule has 23 heavy (non-hydrogen) atoms.